The Morgan fingerprint density at radius 1 is 1.38 bits per heavy atom. The average Bonchev–Trinajstić information content (AvgIpc) is 2.87. The quantitative estimate of drug-likeness (QED) is 0.809. The zero-order chi connectivity index (χ0) is 15.4. The van der Waals surface area contributed by atoms with E-state index in [4.69, 9.17) is 9.84 Å². The SMILES string of the molecule is COc1ccc(C)cc1CC(=O)NC1C=CC(C(=O)O)C1. The molecule has 0 spiro atoms. The molecule has 0 fully saturated rings. The first-order valence-electron chi connectivity index (χ1n) is 6.83. The summed E-state index contributed by atoms with van der Waals surface area (Å²) in [5, 5.41) is 11.8. The number of hydrogen-bond acceptors (Lipinski definition) is 3. The van der Waals surface area contributed by atoms with E-state index < -0.39 is 11.9 Å². The van der Waals surface area contributed by atoms with Crippen LogP contribution in [0.15, 0.2) is 30.4 Å². The molecule has 0 radical (unpaired) electrons. The highest BCUT2D eigenvalue weighted by Crippen LogP contribution is 2.21. The van der Waals surface area contributed by atoms with Gasteiger partial charge in [-0.05, 0) is 19.4 Å². The van der Waals surface area contributed by atoms with Crippen LogP contribution in [0, 0.1) is 12.8 Å². The lowest BCUT2D eigenvalue weighted by atomic mass is 10.1. The van der Waals surface area contributed by atoms with Crippen molar-refractivity contribution >= 4 is 11.9 Å². The molecule has 1 aromatic carbocycles. The van der Waals surface area contributed by atoms with Crippen LogP contribution in [0.2, 0.25) is 0 Å². The molecule has 2 N–H and O–H groups in total. The molecular weight excluding hydrogens is 270 g/mol. The second kappa shape index (κ2) is 6.43. The van der Waals surface area contributed by atoms with Crippen LogP contribution < -0.4 is 10.1 Å². The molecule has 112 valence electrons. The van der Waals surface area contributed by atoms with E-state index in [9.17, 15) is 9.59 Å². The smallest absolute Gasteiger partial charge is 0.310 e. The standard InChI is InChI=1S/C16H19NO4/c1-10-3-6-14(21-2)12(7-10)9-15(18)17-13-5-4-11(8-13)16(19)20/h3-7,11,13H,8-9H2,1-2H3,(H,17,18)(H,19,20). The summed E-state index contributed by atoms with van der Waals surface area (Å²) in [6, 6.07) is 5.48. The summed E-state index contributed by atoms with van der Waals surface area (Å²) in [5.41, 5.74) is 1.89. The van der Waals surface area contributed by atoms with Crippen molar-refractivity contribution in [2.75, 3.05) is 7.11 Å². The third kappa shape index (κ3) is 3.84. The predicted molar refractivity (Wildman–Crippen MR) is 78.2 cm³/mol. The van der Waals surface area contributed by atoms with Crippen LogP contribution in [0.25, 0.3) is 0 Å². The summed E-state index contributed by atoms with van der Waals surface area (Å²) in [4.78, 5) is 22.9. The first-order chi connectivity index (χ1) is 9.99. The summed E-state index contributed by atoms with van der Waals surface area (Å²) in [6.45, 7) is 1.96. The first-order valence-corrected chi connectivity index (χ1v) is 6.83. The van der Waals surface area contributed by atoms with Gasteiger partial charge in [0.25, 0.3) is 0 Å². The van der Waals surface area contributed by atoms with Gasteiger partial charge in [0.1, 0.15) is 5.75 Å². The van der Waals surface area contributed by atoms with Gasteiger partial charge in [-0.2, -0.15) is 0 Å². The van der Waals surface area contributed by atoms with Crippen molar-refractivity contribution in [3.05, 3.63) is 41.5 Å². The summed E-state index contributed by atoms with van der Waals surface area (Å²) in [6.07, 6.45) is 3.99. The number of carboxylic acids is 1. The van der Waals surface area contributed by atoms with Crippen molar-refractivity contribution in [3.63, 3.8) is 0 Å². The maximum absolute atomic E-state index is 12.1. The number of nitrogens with one attached hydrogen (secondary N) is 1. The van der Waals surface area contributed by atoms with Gasteiger partial charge in [0.2, 0.25) is 5.91 Å². The number of aryl methyl sites for hydroxylation is 1. The van der Waals surface area contributed by atoms with Gasteiger partial charge in [-0.15, -0.1) is 0 Å². The Bertz CT molecular complexity index is 580. The molecule has 0 aromatic heterocycles. The number of rotatable bonds is 5. The molecule has 0 saturated heterocycles. The first kappa shape index (κ1) is 15.1. The normalized spacial score (nSPS) is 20.3. The average molecular weight is 289 g/mol. The minimum Gasteiger partial charge on any atom is -0.496 e. The molecule has 2 unspecified atom stereocenters. The van der Waals surface area contributed by atoms with Crippen LogP contribution in [0.5, 0.6) is 5.75 Å². The fourth-order valence-corrected chi connectivity index (χ4v) is 2.47. The third-order valence-corrected chi connectivity index (χ3v) is 3.53. The second-order valence-corrected chi connectivity index (χ2v) is 5.23. The van der Waals surface area contributed by atoms with E-state index in [0.29, 0.717) is 12.2 Å². The number of carboxylic acid groups (broad SMARTS) is 1. The topological polar surface area (TPSA) is 75.6 Å². The largest absolute Gasteiger partial charge is 0.496 e. The highest BCUT2D eigenvalue weighted by atomic mass is 16.5. The molecule has 21 heavy (non-hydrogen) atoms. The maximum atomic E-state index is 12.1. The van der Waals surface area contributed by atoms with E-state index in [2.05, 4.69) is 5.32 Å². The fourth-order valence-electron chi connectivity index (χ4n) is 2.47. The van der Waals surface area contributed by atoms with Crippen LogP contribution in [0.1, 0.15) is 17.5 Å². The number of amides is 1. The van der Waals surface area contributed by atoms with Crippen molar-refractivity contribution in [2.45, 2.75) is 25.8 Å². The fraction of sp³-hybridized carbons (Fsp3) is 0.375. The molecule has 0 aliphatic heterocycles. The molecule has 0 bridgehead atoms. The molecular formula is C16H19NO4. The molecule has 2 rings (SSSR count). The minimum absolute atomic E-state index is 0.139. The van der Waals surface area contributed by atoms with Gasteiger partial charge in [0.05, 0.1) is 19.4 Å². The van der Waals surface area contributed by atoms with E-state index in [1.54, 1.807) is 19.3 Å². The monoisotopic (exact) mass is 289 g/mol. The molecule has 2 atom stereocenters. The lowest BCUT2D eigenvalue weighted by molar-refractivity contribution is -0.140. The Kier molecular flexibility index (Phi) is 4.62. The van der Waals surface area contributed by atoms with Crippen LogP contribution in [0.4, 0.5) is 0 Å². The number of hydrogen-bond donors (Lipinski definition) is 2. The Labute approximate surface area is 123 Å². The van der Waals surface area contributed by atoms with Crippen molar-refractivity contribution in [1.82, 2.24) is 5.32 Å². The highest BCUT2D eigenvalue weighted by molar-refractivity contribution is 5.80. The van der Waals surface area contributed by atoms with E-state index >= 15 is 0 Å². The number of carbonyl (C=O) groups is 2. The van der Waals surface area contributed by atoms with Crippen molar-refractivity contribution in [1.29, 1.82) is 0 Å². The van der Waals surface area contributed by atoms with Gasteiger partial charge in [-0.1, -0.05) is 29.8 Å². The molecule has 5 nitrogen and oxygen atoms in total. The number of carbonyl (C=O) groups excluding carboxylic acids is 1. The minimum atomic E-state index is -0.858. The van der Waals surface area contributed by atoms with Crippen LogP contribution >= 0.6 is 0 Å². The summed E-state index contributed by atoms with van der Waals surface area (Å²) < 4.78 is 5.25. The van der Waals surface area contributed by atoms with E-state index in [0.717, 1.165) is 11.1 Å². The molecule has 0 saturated carbocycles. The van der Waals surface area contributed by atoms with Crippen molar-refractivity contribution in [3.8, 4) is 5.75 Å². The predicted octanol–water partition coefficient (Wildman–Crippen LogP) is 1.69. The van der Waals surface area contributed by atoms with Crippen LogP contribution in [-0.2, 0) is 16.0 Å². The number of aliphatic carboxylic acids is 1. The summed E-state index contributed by atoms with van der Waals surface area (Å²) in [7, 11) is 1.57. The second-order valence-electron chi connectivity index (χ2n) is 5.23. The lowest BCUT2D eigenvalue weighted by Crippen LogP contribution is -2.34. The van der Waals surface area contributed by atoms with Gasteiger partial charge >= 0.3 is 5.97 Å². The van der Waals surface area contributed by atoms with E-state index in [1.807, 2.05) is 25.1 Å². The third-order valence-electron chi connectivity index (χ3n) is 3.53. The Morgan fingerprint density at radius 3 is 2.76 bits per heavy atom. The zero-order valence-electron chi connectivity index (χ0n) is 12.1. The molecule has 1 aromatic rings. The van der Waals surface area contributed by atoms with E-state index in [1.165, 1.54) is 0 Å². The van der Waals surface area contributed by atoms with Gasteiger partial charge in [-0.3, -0.25) is 9.59 Å². The van der Waals surface area contributed by atoms with E-state index in [-0.39, 0.29) is 18.4 Å². The Hall–Kier alpha value is -2.30. The maximum Gasteiger partial charge on any atom is 0.310 e. The Balaban J connectivity index is 1.95. The summed E-state index contributed by atoms with van der Waals surface area (Å²) >= 11 is 0. The summed E-state index contributed by atoms with van der Waals surface area (Å²) in [5.74, 6) is -0.826. The highest BCUT2D eigenvalue weighted by Gasteiger charge is 2.25. The Morgan fingerprint density at radius 2 is 2.14 bits per heavy atom. The number of ether oxygens (including phenoxy) is 1. The van der Waals surface area contributed by atoms with Gasteiger partial charge in [0, 0.05) is 11.6 Å². The number of benzene rings is 1. The van der Waals surface area contributed by atoms with Gasteiger partial charge in [0.15, 0.2) is 0 Å². The molecule has 1 amide bonds. The zero-order valence-corrected chi connectivity index (χ0v) is 12.1. The van der Waals surface area contributed by atoms with Crippen molar-refractivity contribution in [2.24, 2.45) is 5.92 Å². The molecule has 1 aliphatic carbocycles. The van der Waals surface area contributed by atoms with Crippen LogP contribution in [0.3, 0.4) is 0 Å². The van der Waals surface area contributed by atoms with Gasteiger partial charge in [-0.25, -0.2) is 0 Å². The molecule has 0 heterocycles. The molecule has 5 heteroatoms. The van der Waals surface area contributed by atoms with Gasteiger partial charge < -0.3 is 15.2 Å². The van der Waals surface area contributed by atoms with Crippen LogP contribution in [-0.4, -0.2) is 30.1 Å². The molecule has 1 aliphatic rings. The lowest BCUT2D eigenvalue weighted by Gasteiger charge is -2.14. The van der Waals surface area contributed by atoms with Crippen molar-refractivity contribution < 1.29 is 19.4 Å². The number of methoxy groups -OCH3 is 1.